The molecular formula is C16H27NO4. The van der Waals surface area contributed by atoms with E-state index < -0.39 is 11.6 Å². The second-order valence-electron chi connectivity index (χ2n) is 6.72. The van der Waals surface area contributed by atoms with E-state index in [1.54, 1.807) is 0 Å². The van der Waals surface area contributed by atoms with Gasteiger partial charge in [-0.1, -0.05) is 6.58 Å². The van der Waals surface area contributed by atoms with Crippen molar-refractivity contribution in [2.75, 3.05) is 13.1 Å². The smallest absolute Gasteiger partial charge is 0.330 e. The summed E-state index contributed by atoms with van der Waals surface area (Å²) < 4.78 is 4.83. The van der Waals surface area contributed by atoms with Gasteiger partial charge in [0.2, 0.25) is 0 Å². The number of carbonyl (C=O) groups excluding carboxylic acids is 1. The van der Waals surface area contributed by atoms with Gasteiger partial charge in [-0.3, -0.25) is 4.79 Å². The summed E-state index contributed by atoms with van der Waals surface area (Å²) in [6.45, 7) is 10.7. The summed E-state index contributed by atoms with van der Waals surface area (Å²) in [7, 11) is 0. The molecule has 1 aliphatic carbocycles. The molecule has 2 rings (SSSR count). The van der Waals surface area contributed by atoms with Crippen LogP contribution < -0.4 is 5.32 Å². The number of carboxylic acids is 1. The van der Waals surface area contributed by atoms with Gasteiger partial charge in [-0.05, 0) is 65.5 Å². The van der Waals surface area contributed by atoms with Gasteiger partial charge in [-0.15, -0.1) is 0 Å². The number of carboxylic acid groups (broad SMARTS) is 1. The molecule has 2 N–H and O–H groups in total. The van der Waals surface area contributed by atoms with Gasteiger partial charge in [0, 0.05) is 6.08 Å². The summed E-state index contributed by atoms with van der Waals surface area (Å²) in [5, 5.41) is 12.3. The van der Waals surface area contributed by atoms with Gasteiger partial charge in [0.25, 0.3) is 0 Å². The molecule has 0 aromatic carbocycles. The fourth-order valence-corrected chi connectivity index (χ4v) is 2.65. The van der Waals surface area contributed by atoms with Crippen LogP contribution in [0.2, 0.25) is 0 Å². The average Bonchev–Trinajstić information content (AvgIpc) is 3.20. The fraction of sp³-hybridized carbons (Fsp3) is 0.750. The largest absolute Gasteiger partial charge is 0.481 e. The molecule has 2 fully saturated rings. The Morgan fingerprint density at radius 1 is 1.29 bits per heavy atom. The van der Waals surface area contributed by atoms with Crippen LogP contribution >= 0.6 is 0 Å². The van der Waals surface area contributed by atoms with Crippen molar-refractivity contribution in [2.45, 2.75) is 52.1 Å². The number of piperidine rings is 1. The molecule has 0 radical (unpaired) electrons. The van der Waals surface area contributed by atoms with Crippen LogP contribution in [0.4, 0.5) is 0 Å². The van der Waals surface area contributed by atoms with Gasteiger partial charge >= 0.3 is 11.9 Å². The Labute approximate surface area is 126 Å². The average molecular weight is 297 g/mol. The molecule has 0 spiro atoms. The first-order chi connectivity index (χ1) is 9.71. The summed E-state index contributed by atoms with van der Waals surface area (Å²) in [6.07, 6.45) is 5.07. The molecule has 0 amide bonds. The third kappa shape index (κ3) is 5.50. The third-order valence-corrected chi connectivity index (χ3v) is 3.91. The molecule has 5 heteroatoms. The topological polar surface area (TPSA) is 75.6 Å². The first-order valence-corrected chi connectivity index (χ1v) is 7.51. The van der Waals surface area contributed by atoms with Crippen LogP contribution in [-0.4, -0.2) is 35.7 Å². The predicted octanol–water partition coefficient (Wildman–Crippen LogP) is 2.36. The maximum Gasteiger partial charge on any atom is 0.330 e. The summed E-state index contributed by atoms with van der Waals surface area (Å²) in [5.41, 5.74) is -0.701. The third-order valence-electron chi connectivity index (χ3n) is 3.91. The normalized spacial score (nSPS) is 20.7. The van der Waals surface area contributed by atoms with Crippen molar-refractivity contribution in [2.24, 2.45) is 11.3 Å². The van der Waals surface area contributed by atoms with Crippen molar-refractivity contribution < 1.29 is 19.4 Å². The first kappa shape index (κ1) is 17.7. The number of rotatable bonds is 3. The van der Waals surface area contributed by atoms with Gasteiger partial charge in [0.05, 0.1) is 5.41 Å². The second-order valence-corrected chi connectivity index (χ2v) is 6.72. The van der Waals surface area contributed by atoms with E-state index >= 15 is 0 Å². The van der Waals surface area contributed by atoms with Gasteiger partial charge in [-0.25, -0.2) is 4.79 Å². The van der Waals surface area contributed by atoms with E-state index in [-0.39, 0.29) is 11.4 Å². The minimum Gasteiger partial charge on any atom is -0.481 e. The Balaban J connectivity index is 0.000000222. The fourth-order valence-electron chi connectivity index (χ4n) is 2.65. The maximum atomic E-state index is 11.0. The van der Waals surface area contributed by atoms with E-state index in [4.69, 9.17) is 9.84 Å². The Bertz CT molecular complexity index is 388. The number of ether oxygens (including phenoxy) is 1. The van der Waals surface area contributed by atoms with Crippen LogP contribution in [0, 0.1) is 11.3 Å². The molecule has 0 bridgehead atoms. The van der Waals surface area contributed by atoms with Gasteiger partial charge in [-0.2, -0.15) is 0 Å². The Morgan fingerprint density at radius 3 is 2.10 bits per heavy atom. The minimum atomic E-state index is -0.561. The molecule has 2 aliphatic rings. The van der Waals surface area contributed by atoms with E-state index in [1.807, 2.05) is 20.8 Å². The van der Waals surface area contributed by atoms with Crippen LogP contribution in [0.15, 0.2) is 12.7 Å². The van der Waals surface area contributed by atoms with Gasteiger partial charge < -0.3 is 15.2 Å². The van der Waals surface area contributed by atoms with Crippen LogP contribution in [0.5, 0.6) is 0 Å². The number of nitrogens with one attached hydrogen (secondary N) is 1. The maximum absolute atomic E-state index is 11.0. The Morgan fingerprint density at radius 2 is 1.81 bits per heavy atom. The predicted molar refractivity (Wildman–Crippen MR) is 80.9 cm³/mol. The van der Waals surface area contributed by atoms with E-state index in [2.05, 4.69) is 11.9 Å². The monoisotopic (exact) mass is 297 g/mol. The van der Waals surface area contributed by atoms with Crippen LogP contribution in [0.3, 0.4) is 0 Å². The number of aliphatic carboxylic acids is 1. The molecule has 1 aliphatic heterocycles. The molecule has 120 valence electrons. The summed E-state index contributed by atoms with van der Waals surface area (Å²) in [5.74, 6) is -0.492. The first-order valence-electron chi connectivity index (χ1n) is 7.51. The minimum absolute atomic E-state index is 0.303. The quantitative estimate of drug-likeness (QED) is 0.618. The van der Waals surface area contributed by atoms with Crippen molar-refractivity contribution >= 4 is 11.9 Å². The molecule has 0 aromatic rings. The molecule has 0 unspecified atom stereocenters. The Hall–Kier alpha value is -1.36. The molecule has 21 heavy (non-hydrogen) atoms. The molecule has 1 saturated heterocycles. The highest BCUT2D eigenvalue weighted by molar-refractivity contribution is 5.81. The molecule has 0 aromatic heterocycles. The zero-order valence-corrected chi connectivity index (χ0v) is 13.3. The lowest BCUT2D eigenvalue weighted by molar-refractivity contribution is -0.148. The van der Waals surface area contributed by atoms with Gasteiger partial charge in [0.15, 0.2) is 0 Å². The molecule has 1 saturated carbocycles. The lowest BCUT2D eigenvalue weighted by atomic mass is 9.82. The van der Waals surface area contributed by atoms with E-state index in [0.717, 1.165) is 44.8 Å². The zero-order valence-electron chi connectivity index (χ0n) is 13.3. The van der Waals surface area contributed by atoms with Crippen molar-refractivity contribution in [3.8, 4) is 0 Å². The highest BCUT2D eigenvalue weighted by atomic mass is 16.6. The Kier molecular flexibility index (Phi) is 5.96. The SMILES string of the molecule is C=CC(=O)OC(C)(C)C.O=C(O)C1(C2CCNCC2)CC1. The number of esters is 1. The number of hydrogen-bond donors (Lipinski definition) is 2. The lowest BCUT2D eigenvalue weighted by Gasteiger charge is -2.27. The summed E-state index contributed by atoms with van der Waals surface area (Å²) >= 11 is 0. The van der Waals surface area contributed by atoms with Crippen molar-refractivity contribution in [3.05, 3.63) is 12.7 Å². The lowest BCUT2D eigenvalue weighted by Crippen LogP contribution is -2.35. The van der Waals surface area contributed by atoms with Crippen molar-refractivity contribution in [1.82, 2.24) is 5.32 Å². The number of carbonyl (C=O) groups is 2. The standard InChI is InChI=1S/C9H15NO2.C7H12O2/c11-8(12)9(3-4-9)7-1-5-10-6-2-7;1-5-6(8)9-7(2,3)4/h7,10H,1-6H2,(H,11,12);5H,1H2,2-4H3. The summed E-state index contributed by atoms with van der Waals surface area (Å²) in [4.78, 5) is 21.4. The molecule has 1 heterocycles. The second kappa shape index (κ2) is 7.07. The molecule has 5 nitrogen and oxygen atoms in total. The van der Waals surface area contributed by atoms with Crippen molar-refractivity contribution in [3.63, 3.8) is 0 Å². The highest BCUT2D eigenvalue weighted by Gasteiger charge is 2.55. The van der Waals surface area contributed by atoms with Gasteiger partial charge in [0.1, 0.15) is 5.60 Å². The van der Waals surface area contributed by atoms with Crippen LogP contribution in [0.1, 0.15) is 46.5 Å². The summed E-state index contributed by atoms with van der Waals surface area (Å²) in [6, 6.07) is 0. The highest BCUT2D eigenvalue weighted by Crippen LogP contribution is 2.54. The zero-order chi connectivity index (χ0) is 16.1. The van der Waals surface area contributed by atoms with Crippen LogP contribution in [0.25, 0.3) is 0 Å². The van der Waals surface area contributed by atoms with E-state index in [9.17, 15) is 9.59 Å². The van der Waals surface area contributed by atoms with Crippen molar-refractivity contribution in [1.29, 1.82) is 0 Å². The van der Waals surface area contributed by atoms with E-state index in [0.29, 0.717) is 5.92 Å². The van der Waals surface area contributed by atoms with Crippen LogP contribution in [-0.2, 0) is 14.3 Å². The molecule has 0 atom stereocenters. The number of hydrogen-bond acceptors (Lipinski definition) is 4. The molecular weight excluding hydrogens is 270 g/mol. The van der Waals surface area contributed by atoms with E-state index in [1.165, 1.54) is 0 Å².